The van der Waals surface area contributed by atoms with Gasteiger partial charge >= 0.3 is 6.18 Å². The summed E-state index contributed by atoms with van der Waals surface area (Å²) in [7, 11) is 0. The lowest BCUT2D eigenvalue weighted by Gasteiger charge is -2.07. The second-order valence-corrected chi connectivity index (χ2v) is 7.12. The molecule has 0 heterocycles. The maximum atomic E-state index is 14.0. The Morgan fingerprint density at radius 1 is 0.667 bits per heavy atom. The Kier molecular flexibility index (Phi) is 7.03. The van der Waals surface area contributed by atoms with Crippen LogP contribution < -0.4 is 0 Å². The molecule has 0 fully saturated rings. The molecule has 0 nitrogen and oxygen atoms in total. The van der Waals surface area contributed by atoms with E-state index in [1.54, 1.807) is 0 Å². The third-order valence-electron chi connectivity index (χ3n) is 4.82. The Balaban J connectivity index is 1.52. The van der Waals surface area contributed by atoms with Crippen LogP contribution in [0.5, 0.6) is 0 Å². The minimum Gasteiger partial charge on any atom is -0.206 e. The van der Waals surface area contributed by atoms with Crippen molar-refractivity contribution < 1.29 is 22.0 Å². The summed E-state index contributed by atoms with van der Waals surface area (Å²) < 4.78 is 64.6. The number of rotatable bonds is 7. The molecule has 0 saturated carbocycles. The molecule has 156 valence electrons. The monoisotopic (exact) mass is 416 g/mol. The van der Waals surface area contributed by atoms with Crippen molar-refractivity contribution in [2.45, 2.75) is 31.9 Å². The van der Waals surface area contributed by atoms with Crippen LogP contribution in [0, 0.1) is 11.6 Å². The molecule has 0 N–H and O–H groups in total. The van der Waals surface area contributed by atoms with Crippen molar-refractivity contribution in [3.8, 4) is 11.1 Å². The van der Waals surface area contributed by atoms with E-state index in [4.69, 9.17) is 0 Å². The molecule has 3 aromatic rings. The van der Waals surface area contributed by atoms with E-state index >= 15 is 0 Å². The molecule has 5 heteroatoms. The van der Waals surface area contributed by atoms with Gasteiger partial charge < -0.3 is 0 Å². The van der Waals surface area contributed by atoms with Crippen LogP contribution in [0.2, 0.25) is 0 Å². The van der Waals surface area contributed by atoms with Crippen LogP contribution in [-0.2, 0) is 12.8 Å². The number of hydrogen-bond acceptors (Lipinski definition) is 0. The highest BCUT2D eigenvalue weighted by Crippen LogP contribution is 2.23. The maximum absolute atomic E-state index is 14.0. The molecule has 0 aromatic heterocycles. The maximum Gasteiger partial charge on any atom is 0.409 e. The van der Waals surface area contributed by atoms with Crippen molar-refractivity contribution in [2.24, 2.45) is 0 Å². The van der Waals surface area contributed by atoms with Crippen LogP contribution in [0.1, 0.15) is 29.5 Å². The summed E-state index contributed by atoms with van der Waals surface area (Å²) in [5, 5.41) is 0. The summed E-state index contributed by atoms with van der Waals surface area (Å²) in [6, 6.07) is 20.6. The first-order valence-corrected chi connectivity index (χ1v) is 9.70. The van der Waals surface area contributed by atoms with Gasteiger partial charge in [0.1, 0.15) is 11.6 Å². The zero-order chi connectivity index (χ0) is 21.6. The minimum atomic E-state index is -4.61. The Morgan fingerprint density at radius 2 is 1.20 bits per heavy atom. The molecule has 0 unspecified atom stereocenters. The van der Waals surface area contributed by atoms with Crippen LogP contribution in [0.25, 0.3) is 17.2 Å². The van der Waals surface area contributed by atoms with Crippen molar-refractivity contribution in [2.75, 3.05) is 0 Å². The Labute approximate surface area is 172 Å². The average molecular weight is 416 g/mol. The van der Waals surface area contributed by atoms with Gasteiger partial charge in [-0.2, -0.15) is 13.2 Å². The fourth-order valence-corrected chi connectivity index (χ4v) is 3.27. The van der Waals surface area contributed by atoms with E-state index in [2.05, 4.69) is 36.4 Å². The largest absolute Gasteiger partial charge is 0.409 e. The summed E-state index contributed by atoms with van der Waals surface area (Å²) >= 11 is 0. The number of aryl methyl sites for hydroxylation is 2. The molecule has 0 aliphatic rings. The van der Waals surface area contributed by atoms with Crippen LogP contribution >= 0.6 is 0 Å². The normalized spacial score (nSPS) is 11.9. The zero-order valence-electron chi connectivity index (χ0n) is 16.2. The van der Waals surface area contributed by atoms with E-state index in [9.17, 15) is 22.0 Å². The molecule has 0 spiro atoms. The minimum absolute atomic E-state index is 0.169. The van der Waals surface area contributed by atoms with Crippen LogP contribution in [-0.4, -0.2) is 6.18 Å². The molecular weight excluding hydrogens is 395 g/mol. The van der Waals surface area contributed by atoms with Gasteiger partial charge in [0.15, 0.2) is 0 Å². The average Bonchev–Trinajstić information content (AvgIpc) is 2.71. The lowest BCUT2D eigenvalue weighted by atomic mass is 10.00. The van der Waals surface area contributed by atoms with Gasteiger partial charge in [-0.3, -0.25) is 0 Å². The third kappa shape index (κ3) is 6.28. The molecule has 0 saturated heterocycles. The van der Waals surface area contributed by atoms with Gasteiger partial charge in [0.2, 0.25) is 0 Å². The molecule has 0 bridgehead atoms. The number of alkyl halides is 3. The molecule has 3 aromatic carbocycles. The number of allylic oxidation sites excluding steroid dienone is 1. The van der Waals surface area contributed by atoms with Gasteiger partial charge in [-0.25, -0.2) is 8.78 Å². The summed E-state index contributed by atoms with van der Waals surface area (Å²) in [6.07, 6.45) is -1.51. The van der Waals surface area contributed by atoms with E-state index in [0.29, 0.717) is 18.1 Å². The highest BCUT2D eigenvalue weighted by atomic mass is 19.4. The molecule has 0 radical (unpaired) electrons. The van der Waals surface area contributed by atoms with Crippen molar-refractivity contribution in [1.82, 2.24) is 0 Å². The fourth-order valence-electron chi connectivity index (χ4n) is 3.27. The van der Waals surface area contributed by atoms with Gasteiger partial charge in [-0.05, 0) is 66.1 Å². The third-order valence-corrected chi connectivity index (χ3v) is 4.82. The Morgan fingerprint density at radius 3 is 1.77 bits per heavy atom. The van der Waals surface area contributed by atoms with E-state index in [0.717, 1.165) is 42.5 Å². The molecule has 0 aliphatic heterocycles. The first kappa shape index (κ1) is 21.8. The van der Waals surface area contributed by atoms with Gasteiger partial charge in [-0.1, -0.05) is 54.6 Å². The van der Waals surface area contributed by atoms with E-state index in [1.165, 1.54) is 5.56 Å². The summed E-state index contributed by atoms with van der Waals surface area (Å²) in [4.78, 5) is 0. The molecule has 3 rings (SSSR count). The smallest absolute Gasteiger partial charge is 0.206 e. The highest BCUT2D eigenvalue weighted by Gasteiger charge is 2.22. The zero-order valence-corrected chi connectivity index (χ0v) is 16.2. The first-order valence-electron chi connectivity index (χ1n) is 9.70. The van der Waals surface area contributed by atoms with Crippen molar-refractivity contribution in [1.29, 1.82) is 0 Å². The van der Waals surface area contributed by atoms with Crippen molar-refractivity contribution >= 4 is 6.08 Å². The highest BCUT2D eigenvalue weighted by molar-refractivity contribution is 5.63. The van der Waals surface area contributed by atoms with Crippen molar-refractivity contribution in [3.05, 3.63) is 101 Å². The second-order valence-electron chi connectivity index (χ2n) is 7.12. The predicted molar refractivity (Wildman–Crippen MR) is 110 cm³/mol. The van der Waals surface area contributed by atoms with Crippen molar-refractivity contribution in [3.63, 3.8) is 0 Å². The standard InChI is InChI=1S/C25H21F5/c26-23-16-19(17-24(27)22(23)14-15-25(28,29)30)7-5-4-6-18-10-12-21(13-11-18)20-8-2-1-3-9-20/h1-3,8-17H,4-7H2. The number of halogens is 5. The Hall–Kier alpha value is -2.95. The topological polar surface area (TPSA) is 0 Å². The molecule has 30 heavy (non-hydrogen) atoms. The summed E-state index contributed by atoms with van der Waals surface area (Å²) in [6.45, 7) is 0. The van der Waals surface area contributed by atoms with E-state index in [-0.39, 0.29) is 6.08 Å². The van der Waals surface area contributed by atoms with Gasteiger partial charge in [-0.15, -0.1) is 0 Å². The Bertz CT molecular complexity index is 963. The van der Waals surface area contributed by atoms with E-state index < -0.39 is 23.4 Å². The van der Waals surface area contributed by atoms with Gasteiger partial charge in [0.25, 0.3) is 0 Å². The quantitative estimate of drug-likeness (QED) is 0.273. The SMILES string of the molecule is Fc1cc(CCCCc2ccc(-c3ccccc3)cc2)cc(F)c1C=CC(F)(F)F. The van der Waals surface area contributed by atoms with Gasteiger partial charge in [0.05, 0.1) is 0 Å². The van der Waals surface area contributed by atoms with Crippen LogP contribution in [0.15, 0.2) is 72.8 Å². The molecule has 0 amide bonds. The fraction of sp³-hybridized carbons (Fsp3) is 0.200. The first-order chi connectivity index (χ1) is 14.3. The molecule has 0 aliphatic carbocycles. The number of hydrogen-bond donors (Lipinski definition) is 0. The molecular formula is C25H21F5. The summed E-state index contributed by atoms with van der Waals surface area (Å²) in [5.41, 5.74) is 3.24. The van der Waals surface area contributed by atoms with Gasteiger partial charge in [0, 0.05) is 11.6 Å². The number of benzene rings is 3. The summed E-state index contributed by atoms with van der Waals surface area (Å²) in [5.74, 6) is -1.97. The second kappa shape index (κ2) is 9.70. The lowest BCUT2D eigenvalue weighted by molar-refractivity contribution is -0.0790. The molecule has 0 atom stereocenters. The predicted octanol–water partition coefficient (Wildman–Crippen LogP) is 7.77. The number of unbranched alkanes of at least 4 members (excludes halogenated alkanes) is 1. The van der Waals surface area contributed by atoms with Crippen LogP contribution in [0.3, 0.4) is 0 Å². The lowest BCUT2D eigenvalue weighted by Crippen LogP contribution is -2.01. The van der Waals surface area contributed by atoms with E-state index in [1.807, 2.05) is 18.2 Å². The van der Waals surface area contributed by atoms with Crippen LogP contribution in [0.4, 0.5) is 22.0 Å².